The lowest BCUT2D eigenvalue weighted by Gasteiger charge is -2.40. The highest BCUT2D eigenvalue weighted by molar-refractivity contribution is 7.91. The summed E-state index contributed by atoms with van der Waals surface area (Å²) in [4.78, 5) is 23.8. The van der Waals surface area contributed by atoms with E-state index in [-0.39, 0.29) is 29.5 Å². The number of hydrogen-bond donors (Lipinski definition) is 1. The molecule has 0 radical (unpaired) electrons. The van der Waals surface area contributed by atoms with Gasteiger partial charge in [0, 0.05) is 12.1 Å². The standard InChI is InChI=1S/C18H26N4O4S/c1-18(2)16(23)22(13-5-3-4-6-13)15-14(26-18)11-19-17(21-15)20-12-7-9-27(24,25)10-8-12/h11-13H,3-10H2,1-2H3,(H,19,20,21). The number of rotatable bonds is 3. The first-order valence-electron chi connectivity index (χ1n) is 9.62. The van der Waals surface area contributed by atoms with Crippen LogP contribution in [0.4, 0.5) is 11.8 Å². The Bertz CT molecular complexity index is 835. The van der Waals surface area contributed by atoms with E-state index in [4.69, 9.17) is 4.74 Å². The molecule has 1 saturated carbocycles. The van der Waals surface area contributed by atoms with E-state index in [0.717, 1.165) is 25.7 Å². The minimum absolute atomic E-state index is 0.0168. The van der Waals surface area contributed by atoms with Crippen LogP contribution in [0.15, 0.2) is 6.20 Å². The Balaban J connectivity index is 1.60. The fourth-order valence-corrected chi connectivity index (χ4v) is 5.59. The molecule has 4 rings (SSSR count). The lowest BCUT2D eigenvalue weighted by Crippen LogP contribution is -2.56. The Kier molecular flexibility index (Phi) is 4.52. The molecule has 9 heteroatoms. The number of fused-ring (bicyclic) bond motifs is 1. The summed E-state index contributed by atoms with van der Waals surface area (Å²) in [7, 11) is -2.92. The van der Waals surface area contributed by atoms with Crippen molar-refractivity contribution in [3.05, 3.63) is 6.20 Å². The van der Waals surface area contributed by atoms with Gasteiger partial charge in [0.1, 0.15) is 9.84 Å². The minimum Gasteiger partial charge on any atom is -0.472 e. The molecule has 1 aromatic heterocycles. The number of aromatic nitrogens is 2. The highest BCUT2D eigenvalue weighted by Gasteiger charge is 2.45. The largest absolute Gasteiger partial charge is 0.472 e. The molecular formula is C18H26N4O4S. The third-order valence-electron chi connectivity index (χ3n) is 5.64. The van der Waals surface area contributed by atoms with Crippen molar-refractivity contribution < 1.29 is 17.9 Å². The number of hydrogen-bond acceptors (Lipinski definition) is 7. The summed E-state index contributed by atoms with van der Waals surface area (Å²) in [6.07, 6.45) is 6.84. The van der Waals surface area contributed by atoms with E-state index < -0.39 is 15.4 Å². The predicted octanol–water partition coefficient (Wildman–Crippen LogP) is 1.91. The molecule has 3 heterocycles. The van der Waals surface area contributed by atoms with E-state index >= 15 is 0 Å². The molecule has 1 aromatic rings. The number of carbonyl (C=O) groups excluding carboxylic acids is 1. The summed E-state index contributed by atoms with van der Waals surface area (Å²) in [6.45, 7) is 3.55. The zero-order valence-corrected chi connectivity index (χ0v) is 16.6. The molecule has 2 aliphatic heterocycles. The van der Waals surface area contributed by atoms with Gasteiger partial charge in [-0.05, 0) is 39.5 Å². The molecule has 148 valence electrons. The van der Waals surface area contributed by atoms with Crippen molar-refractivity contribution >= 4 is 27.5 Å². The fraction of sp³-hybridized carbons (Fsp3) is 0.722. The number of sulfone groups is 1. The van der Waals surface area contributed by atoms with Gasteiger partial charge in [0.15, 0.2) is 17.2 Å². The highest BCUT2D eigenvalue weighted by atomic mass is 32.2. The average molecular weight is 394 g/mol. The van der Waals surface area contributed by atoms with Gasteiger partial charge < -0.3 is 10.1 Å². The van der Waals surface area contributed by atoms with Crippen molar-refractivity contribution in [2.45, 2.75) is 70.1 Å². The van der Waals surface area contributed by atoms with Crippen molar-refractivity contribution in [3.63, 3.8) is 0 Å². The van der Waals surface area contributed by atoms with Gasteiger partial charge in [-0.2, -0.15) is 4.98 Å². The van der Waals surface area contributed by atoms with Crippen molar-refractivity contribution in [3.8, 4) is 5.75 Å². The van der Waals surface area contributed by atoms with Gasteiger partial charge in [0.05, 0.1) is 17.7 Å². The van der Waals surface area contributed by atoms with Crippen LogP contribution in [0.5, 0.6) is 5.75 Å². The summed E-state index contributed by atoms with van der Waals surface area (Å²) < 4.78 is 29.1. The molecule has 0 spiro atoms. The number of ether oxygens (including phenoxy) is 1. The van der Waals surface area contributed by atoms with Gasteiger partial charge >= 0.3 is 0 Å². The monoisotopic (exact) mass is 394 g/mol. The second-order valence-corrected chi connectivity index (χ2v) is 10.5. The molecular weight excluding hydrogens is 368 g/mol. The smallest absolute Gasteiger partial charge is 0.272 e. The third-order valence-corrected chi connectivity index (χ3v) is 7.36. The molecule has 2 fully saturated rings. The molecule has 0 bridgehead atoms. The molecule has 3 aliphatic rings. The SMILES string of the molecule is CC1(C)Oc2cnc(NC3CCS(=O)(=O)CC3)nc2N(C2CCCC2)C1=O. The molecule has 1 saturated heterocycles. The number of anilines is 2. The van der Waals surface area contributed by atoms with Crippen LogP contribution in [0.2, 0.25) is 0 Å². The van der Waals surface area contributed by atoms with Crippen LogP contribution in [0, 0.1) is 0 Å². The highest BCUT2D eigenvalue weighted by Crippen LogP contribution is 2.40. The Labute approximate surface area is 159 Å². The van der Waals surface area contributed by atoms with Crippen LogP contribution in [0.1, 0.15) is 52.4 Å². The van der Waals surface area contributed by atoms with Gasteiger partial charge in [-0.25, -0.2) is 13.4 Å². The fourth-order valence-electron chi connectivity index (χ4n) is 4.10. The lowest BCUT2D eigenvalue weighted by atomic mass is 10.0. The Morgan fingerprint density at radius 3 is 2.52 bits per heavy atom. The topological polar surface area (TPSA) is 101 Å². The minimum atomic E-state index is -2.92. The average Bonchev–Trinajstić information content (AvgIpc) is 3.12. The molecule has 0 unspecified atom stereocenters. The summed E-state index contributed by atoms with van der Waals surface area (Å²) in [5.41, 5.74) is -0.939. The number of amides is 1. The van der Waals surface area contributed by atoms with Crippen molar-refractivity contribution in [2.24, 2.45) is 0 Å². The second-order valence-electron chi connectivity index (χ2n) is 8.18. The van der Waals surface area contributed by atoms with E-state index in [9.17, 15) is 13.2 Å². The van der Waals surface area contributed by atoms with Gasteiger partial charge in [0.2, 0.25) is 5.95 Å². The zero-order chi connectivity index (χ0) is 19.2. The van der Waals surface area contributed by atoms with E-state index in [2.05, 4.69) is 15.3 Å². The van der Waals surface area contributed by atoms with Crippen molar-refractivity contribution in [2.75, 3.05) is 21.7 Å². The molecule has 8 nitrogen and oxygen atoms in total. The van der Waals surface area contributed by atoms with Crippen LogP contribution >= 0.6 is 0 Å². The number of nitrogens with one attached hydrogen (secondary N) is 1. The summed E-state index contributed by atoms with van der Waals surface area (Å²) >= 11 is 0. The molecule has 0 aromatic carbocycles. The van der Waals surface area contributed by atoms with Crippen LogP contribution in [-0.4, -0.2) is 53.5 Å². The zero-order valence-electron chi connectivity index (χ0n) is 15.8. The van der Waals surface area contributed by atoms with Crippen LogP contribution in [-0.2, 0) is 14.6 Å². The molecule has 1 amide bonds. The maximum absolute atomic E-state index is 13.0. The first kappa shape index (κ1) is 18.5. The third kappa shape index (κ3) is 3.61. The van der Waals surface area contributed by atoms with Crippen LogP contribution < -0.4 is 15.0 Å². The normalized spacial score (nSPS) is 25.1. The Morgan fingerprint density at radius 2 is 1.85 bits per heavy atom. The molecule has 27 heavy (non-hydrogen) atoms. The quantitative estimate of drug-likeness (QED) is 0.835. The van der Waals surface area contributed by atoms with Gasteiger partial charge in [-0.3, -0.25) is 9.69 Å². The summed E-state index contributed by atoms with van der Waals surface area (Å²) in [5, 5.41) is 3.24. The van der Waals surface area contributed by atoms with E-state index in [1.807, 2.05) is 0 Å². The van der Waals surface area contributed by atoms with E-state index in [0.29, 0.717) is 30.4 Å². The van der Waals surface area contributed by atoms with Crippen LogP contribution in [0.25, 0.3) is 0 Å². The molecule has 0 atom stereocenters. The number of carbonyl (C=O) groups is 1. The first-order chi connectivity index (χ1) is 12.8. The number of nitrogens with zero attached hydrogens (tertiary/aromatic N) is 3. The predicted molar refractivity (Wildman–Crippen MR) is 102 cm³/mol. The van der Waals surface area contributed by atoms with Gasteiger partial charge in [-0.1, -0.05) is 12.8 Å². The molecule has 1 aliphatic carbocycles. The van der Waals surface area contributed by atoms with Gasteiger partial charge in [-0.15, -0.1) is 0 Å². The van der Waals surface area contributed by atoms with Gasteiger partial charge in [0.25, 0.3) is 5.91 Å². The Hall–Kier alpha value is -1.90. The Morgan fingerprint density at radius 1 is 1.19 bits per heavy atom. The molecule has 1 N–H and O–H groups in total. The van der Waals surface area contributed by atoms with Crippen molar-refractivity contribution in [1.29, 1.82) is 0 Å². The van der Waals surface area contributed by atoms with Crippen molar-refractivity contribution in [1.82, 2.24) is 9.97 Å². The maximum atomic E-state index is 13.0. The first-order valence-corrected chi connectivity index (χ1v) is 11.4. The maximum Gasteiger partial charge on any atom is 0.272 e. The van der Waals surface area contributed by atoms with Crippen LogP contribution in [0.3, 0.4) is 0 Å². The summed E-state index contributed by atoms with van der Waals surface area (Å²) in [6, 6.07) is 0.158. The second kappa shape index (κ2) is 6.61. The lowest BCUT2D eigenvalue weighted by molar-refractivity contribution is -0.133. The van der Waals surface area contributed by atoms with E-state index in [1.54, 1.807) is 24.9 Å². The summed E-state index contributed by atoms with van der Waals surface area (Å²) in [5.74, 6) is 1.74. The van der Waals surface area contributed by atoms with E-state index in [1.165, 1.54) is 0 Å².